The van der Waals surface area contributed by atoms with E-state index in [0.717, 1.165) is 0 Å². The average molecular weight is 275 g/mol. The van der Waals surface area contributed by atoms with Crippen molar-refractivity contribution in [3.05, 3.63) is 16.3 Å². The van der Waals surface area contributed by atoms with Crippen LogP contribution in [0.1, 0.15) is 11.5 Å². The van der Waals surface area contributed by atoms with Gasteiger partial charge in [-0.2, -0.15) is 0 Å². The van der Waals surface area contributed by atoms with Crippen molar-refractivity contribution in [3.8, 4) is 0 Å². The first kappa shape index (κ1) is 10.0. The van der Waals surface area contributed by atoms with E-state index < -0.39 is 9.05 Å². The number of hydrogen-bond donors (Lipinski definition) is 0. The third kappa shape index (κ3) is 2.76. The molecule has 68 valence electrons. The summed E-state index contributed by atoms with van der Waals surface area (Å²) in [6, 6.07) is 0. The van der Waals surface area contributed by atoms with Gasteiger partial charge >= 0.3 is 0 Å². The molecule has 0 aliphatic heterocycles. The molecule has 7 heteroatoms. The average Bonchev–Trinajstić information content (AvgIpc) is 2.06. The van der Waals surface area contributed by atoms with Gasteiger partial charge in [-0.1, -0.05) is 0 Å². The first-order valence-corrected chi connectivity index (χ1v) is 6.20. The lowest BCUT2D eigenvalue weighted by molar-refractivity contribution is 0.491. The molecular formula is C5H5BrClNO3S. The molecule has 0 saturated carbocycles. The Bertz CT molecular complexity index is 385. The molecule has 1 aromatic rings. The van der Waals surface area contributed by atoms with E-state index in [9.17, 15) is 8.42 Å². The fourth-order valence-electron chi connectivity index (χ4n) is 0.683. The SMILES string of the molecule is Cc1nc(Br)oc1CS(=O)(=O)Cl. The fraction of sp³-hybridized carbons (Fsp3) is 0.400. The maximum atomic E-state index is 10.6. The Morgan fingerprint density at radius 1 is 1.67 bits per heavy atom. The van der Waals surface area contributed by atoms with Gasteiger partial charge in [-0.3, -0.25) is 0 Å². The third-order valence-corrected chi connectivity index (χ3v) is 2.44. The Labute approximate surface area is 82.5 Å². The van der Waals surface area contributed by atoms with Crippen LogP contribution in [-0.2, 0) is 14.8 Å². The van der Waals surface area contributed by atoms with Gasteiger partial charge in [0.2, 0.25) is 9.05 Å². The van der Waals surface area contributed by atoms with Crippen molar-refractivity contribution in [2.45, 2.75) is 12.7 Å². The van der Waals surface area contributed by atoms with Crippen LogP contribution in [0.25, 0.3) is 0 Å². The first-order chi connectivity index (χ1) is 5.38. The topological polar surface area (TPSA) is 60.2 Å². The molecule has 0 radical (unpaired) electrons. The summed E-state index contributed by atoms with van der Waals surface area (Å²) in [7, 11) is 1.45. The summed E-state index contributed by atoms with van der Waals surface area (Å²) in [4.78, 5) is 4.08. The summed E-state index contributed by atoms with van der Waals surface area (Å²) in [6.07, 6.45) is 0. The highest BCUT2D eigenvalue weighted by Crippen LogP contribution is 2.18. The monoisotopic (exact) mass is 273 g/mol. The zero-order valence-corrected chi connectivity index (χ0v) is 9.20. The number of oxazole rings is 1. The van der Waals surface area contributed by atoms with Crippen LogP contribution in [0.4, 0.5) is 0 Å². The van der Waals surface area contributed by atoms with Gasteiger partial charge in [0.25, 0.3) is 4.80 Å². The molecule has 0 unspecified atom stereocenters. The molecule has 0 amide bonds. The van der Waals surface area contributed by atoms with Crippen LogP contribution in [0.15, 0.2) is 9.22 Å². The lowest BCUT2D eigenvalue weighted by Gasteiger charge is -1.91. The number of aryl methyl sites for hydroxylation is 1. The largest absolute Gasteiger partial charge is 0.435 e. The van der Waals surface area contributed by atoms with Crippen molar-refractivity contribution in [1.29, 1.82) is 0 Å². The number of aromatic nitrogens is 1. The van der Waals surface area contributed by atoms with Gasteiger partial charge in [0.1, 0.15) is 11.5 Å². The van der Waals surface area contributed by atoms with Crippen LogP contribution in [0.5, 0.6) is 0 Å². The van der Waals surface area contributed by atoms with Crippen molar-refractivity contribution in [2.24, 2.45) is 0 Å². The Kier molecular flexibility index (Phi) is 2.80. The van der Waals surface area contributed by atoms with Crippen LogP contribution >= 0.6 is 26.6 Å². The second-order valence-electron chi connectivity index (χ2n) is 2.16. The fourth-order valence-corrected chi connectivity index (χ4v) is 2.02. The predicted octanol–water partition coefficient (Wildman–Crippen LogP) is 1.81. The van der Waals surface area contributed by atoms with Gasteiger partial charge in [-0.15, -0.1) is 0 Å². The van der Waals surface area contributed by atoms with E-state index in [4.69, 9.17) is 15.1 Å². The standard InChI is InChI=1S/C5H5BrClNO3S/c1-3-4(2-12(7,9)10)11-5(6)8-3/h2H2,1H3. The molecule has 0 bridgehead atoms. The molecule has 0 atom stereocenters. The quantitative estimate of drug-likeness (QED) is 0.772. The second kappa shape index (κ2) is 3.35. The lowest BCUT2D eigenvalue weighted by atomic mass is 10.4. The zero-order chi connectivity index (χ0) is 9.35. The minimum absolute atomic E-state index is 0.260. The molecule has 12 heavy (non-hydrogen) atoms. The molecule has 0 spiro atoms. The van der Waals surface area contributed by atoms with E-state index in [-0.39, 0.29) is 16.3 Å². The summed E-state index contributed by atoms with van der Waals surface area (Å²) in [5, 5.41) is 0. The van der Waals surface area contributed by atoms with E-state index in [1.165, 1.54) is 0 Å². The lowest BCUT2D eigenvalue weighted by Crippen LogP contribution is -1.94. The van der Waals surface area contributed by atoms with E-state index in [1.54, 1.807) is 6.92 Å². The minimum Gasteiger partial charge on any atom is -0.435 e. The van der Waals surface area contributed by atoms with Gasteiger partial charge < -0.3 is 4.42 Å². The molecule has 0 saturated heterocycles. The second-order valence-corrected chi connectivity index (χ2v) is 5.61. The van der Waals surface area contributed by atoms with Crippen molar-refractivity contribution in [1.82, 2.24) is 4.98 Å². The van der Waals surface area contributed by atoms with Gasteiger partial charge in [0.05, 0.1) is 5.69 Å². The van der Waals surface area contributed by atoms with Gasteiger partial charge in [0, 0.05) is 26.6 Å². The van der Waals surface area contributed by atoms with E-state index >= 15 is 0 Å². The van der Waals surface area contributed by atoms with Crippen LogP contribution in [0.2, 0.25) is 0 Å². The van der Waals surface area contributed by atoms with Crippen molar-refractivity contribution in [3.63, 3.8) is 0 Å². The predicted molar refractivity (Wildman–Crippen MR) is 47.4 cm³/mol. The van der Waals surface area contributed by atoms with Gasteiger partial charge in [-0.05, 0) is 6.92 Å². The van der Waals surface area contributed by atoms with Crippen LogP contribution in [-0.4, -0.2) is 13.4 Å². The molecule has 1 aromatic heterocycles. The summed E-state index contributed by atoms with van der Waals surface area (Å²) in [5.74, 6) is -0.0733. The molecule has 4 nitrogen and oxygen atoms in total. The molecule has 1 heterocycles. The number of halogens is 2. The highest BCUT2D eigenvalue weighted by molar-refractivity contribution is 9.10. The van der Waals surface area contributed by atoms with Gasteiger partial charge in [-0.25, -0.2) is 13.4 Å². The molecule has 0 aromatic carbocycles. The maximum Gasteiger partial charge on any atom is 0.264 e. The number of rotatable bonds is 2. The summed E-state index contributed by atoms with van der Waals surface area (Å²) in [5.41, 5.74) is 0.520. The summed E-state index contributed by atoms with van der Waals surface area (Å²) >= 11 is 2.97. The molecule has 0 aliphatic rings. The smallest absolute Gasteiger partial charge is 0.264 e. The maximum absolute atomic E-state index is 10.6. The number of nitrogens with zero attached hydrogens (tertiary/aromatic N) is 1. The molecule has 1 rings (SSSR count). The van der Waals surface area contributed by atoms with Crippen molar-refractivity contribution >= 4 is 35.7 Å². The Morgan fingerprint density at radius 2 is 2.25 bits per heavy atom. The Morgan fingerprint density at radius 3 is 2.58 bits per heavy atom. The van der Waals surface area contributed by atoms with E-state index in [1.807, 2.05) is 0 Å². The van der Waals surface area contributed by atoms with Gasteiger partial charge in [0.15, 0.2) is 0 Å². The first-order valence-electron chi connectivity index (χ1n) is 2.92. The highest BCUT2D eigenvalue weighted by Gasteiger charge is 2.14. The van der Waals surface area contributed by atoms with E-state index in [0.29, 0.717) is 5.69 Å². The number of hydrogen-bond acceptors (Lipinski definition) is 4. The molecule has 0 N–H and O–H groups in total. The van der Waals surface area contributed by atoms with Crippen LogP contribution in [0.3, 0.4) is 0 Å². The Hall–Kier alpha value is -0.0700. The summed E-state index contributed by atoms with van der Waals surface area (Å²) < 4.78 is 26.2. The van der Waals surface area contributed by atoms with Crippen LogP contribution < -0.4 is 0 Å². The summed E-state index contributed by atoms with van der Waals surface area (Å²) in [6.45, 7) is 1.64. The minimum atomic E-state index is -3.57. The molecular weight excluding hydrogens is 269 g/mol. The zero-order valence-electron chi connectivity index (χ0n) is 6.04. The molecule has 0 aliphatic carbocycles. The third-order valence-electron chi connectivity index (χ3n) is 1.17. The van der Waals surface area contributed by atoms with Crippen molar-refractivity contribution in [2.75, 3.05) is 0 Å². The van der Waals surface area contributed by atoms with Crippen molar-refractivity contribution < 1.29 is 12.8 Å². The molecule has 0 fully saturated rings. The van der Waals surface area contributed by atoms with Crippen LogP contribution in [0, 0.1) is 6.92 Å². The highest BCUT2D eigenvalue weighted by atomic mass is 79.9. The van der Waals surface area contributed by atoms with E-state index in [2.05, 4.69) is 20.9 Å². The normalized spacial score (nSPS) is 11.9. The Balaban J connectivity index is 2.97.